The molecule has 3 aromatic rings. The number of imidazole rings is 1. The van der Waals surface area contributed by atoms with Crippen molar-refractivity contribution in [2.75, 3.05) is 5.32 Å². The number of hydrogen-bond donors (Lipinski definition) is 2. The fourth-order valence-corrected chi connectivity index (χ4v) is 3.51. The molecule has 1 fully saturated rings. The summed E-state index contributed by atoms with van der Waals surface area (Å²) in [6, 6.07) is 13.2. The van der Waals surface area contributed by atoms with Crippen LogP contribution in [0.2, 0.25) is 0 Å². The summed E-state index contributed by atoms with van der Waals surface area (Å²) in [7, 11) is 0. The number of anilines is 1. The van der Waals surface area contributed by atoms with Crippen LogP contribution in [0.3, 0.4) is 0 Å². The Bertz CT molecular complexity index is 904. The van der Waals surface area contributed by atoms with Gasteiger partial charge in [-0.3, -0.25) is 4.79 Å². The van der Waals surface area contributed by atoms with E-state index in [-0.39, 0.29) is 30.7 Å². The summed E-state index contributed by atoms with van der Waals surface area (Å²) in [4.78, 5) is 17.0. The molecule has 29 heavy (non-hydrogen) atoms. The molecule has 8 heteroatoms. The first-order valence-electron chi connectivity index (χ1n) is 9.38. The highest BCUT2D eigenvalue weighted by atomic mass is 35.5. The molecule has 0 bridgehead atoms. The van der Waals surface area contributed by atoms with Gasteiger partial charge in [-0.1, -0.05) is 25.3 Å². The Morgan fingerprint density at radius 2 is 1.83 bits per heavy atom. The molecule has 1 amide bonds. The third-order valence-corrected chi connectivity index (χ3v) is 5.11. The Kier molecular flexibility index (Phi) is 7.90. The number of ether oxygens (including phenoxy) is 1. The first kappa shape index (κ1) is 23.0. The number of carbonyl (C=O) groups excluding carboxylic acids is 1. The zero-order valence-corrected chi connectivity index (χ0v) is 17.7. The SMILES string of the molecule is Cl.Cl.NC1(C(=O)Nc2ccc(OCc3cn4ccccc4n3)cc2)CCCCC1. The second-order valence-corrected chi connectivity index (χ2v) is 7.18. The molecule has 156 valence electrons. The Labute approximate surface area is 182 Å². The molecule has 1 aliphatic carbocycles. The number of fused-ring (bicyclic) bond motifs is 1. The summed E-state index contributed by atoms with van der Waals surface area (Å²) in [5.41, 5.74) is 8.03. The number of halogens is 2. The van der Waals surface area contributed by atoms with Crippen molar-refractivity contribution in [3.05, 3.63) is 60.6 Å². The average molecular weight is 437 g/mol. The molecule has 4 rings (SSSR count). The first-order chi connectivity index (χ1) is 13.1. The monoisotopic (exact) mass is 436 g/mol. The van der Waals surface area contributed by atoms with Gasteiger partial charge >= 0.3 is 0 Å². The number of carbonyl (C=O) groups is 1. The minimum atomic E-state index is -0.740. The zero-order valence-electron chi connectivity index (χ0n) is 16.0. The second kappa shape index (κ2) is 9.96. The summed E-state index contributed by atoms with van der Waals surface area (Å²) < 4.78 is 7.77. The van der Waals surface area contributed by atoms with Gasteiger partial charge in [-0.15, -0.1) is 24.8 Å². The molecular formula is C21H26Cl2N4O2. The minimum Gasteiger partial charge on any atom is -0.487 e. The summed E-state index contributed by atoms with van der Waals surface area (Å²) in [6.07, 6.45) is 8.59. The van der Waals surface area contributed by atoms with E-state index in [0.717, 1.165) is 54.9 Å². The van der Waals surface area contributed by atoms with Gasteiger partial charge in [0.15, 0.2) is 0 Å². The lowest BCUT2D eigenvalue weighted by atomic mass is 9.82. The number of amides is 1. The quantitative estimate of drug-likeness (QED) is 0.622. The van der Waals surface area contributed by atoms with Crippen molar-refractivity contribution in [3.63, 3.8) is 0 Å². The van der Waals surface area contributed by atoms with Crippen molar-refractivity contribution in [2.24, 2.45) is 5.73 Å². The Hall–Kier alpha value is -2.28. The van der Waals surface area contributed by atoms with Crippen molar-refractivity contribution >= 4 is 42.1 Å². The van der Waals surface area contributed by atoms with Crippen LogP contribution in [0.25, 0.3) is 5.65 Å². The second-order valence-electron chi connectivity index (χ2n) is 7.18. The van der Waals surface area contributed by atoms with Gasteiger partial charge in [0.05, 0.1) is 11.2 Å². The molecule has 2 heterocycles. The topological polar surface area (TPSA) is 81.7 Å². The lowest BCUT2D eigenvalue weighted by molar-refractivity contribution is -0.122. The van der Waals surface area contributed by atoms with Crippen LogP contribution >= 0.6 is 24.8 Å². The van der Waals surface area contributed by atoms with Crippen LogP contribution in [-0.4, -0.2) is 20.8 Å². The van der Waals surface area contributed by atoms with Gasteiger partial charge in [-0.25, -0.2) is 4.98 Å². The smallest absolute Gasteiger partial charge is 0.244 e. The first-order valence-corrected chi connectivity index (χ1v) is 9.38. The molecule has 6 nitrogen and oxygen atoms in total. The highest BCUT2D eigenvalue weighted by Crippen LogP contribution is 2.27. The Morgan fingerprint density at radius 1 is 1.10 bits per heavy atom. The van der Waals surface area contributed by atoms with Crippen LogP contribution in [0.15, 0.2) is 54.9 Å². The molecule has 0 spiro atoms. The Balaban J connectivity index is 0.00000150. The molecule has 1 aliphatic rings. The van der Waals surface area contributed by atoms with Crippen LogP contribution < -0.4 is 15.8 Å². The van der Waals surface area contributed by atoms with E-state index >= 15 is 0 Å². The van der Waals surface area contributed by atoms with Crippen molar-refractivity contribution in [2.45, 2.75) is 44.2 Å². The lowest BCUT2D eigenvalue weighted by Gasteiger charge is -2.31. The van der Waals surface area contributed by atoms with Crippen molar-refractivity contribution in [3.8, 4) is 5.75 Å². The molecule has 0 atom stereocenters. The van der Waals surface area contributed by atoms with Gasteiger partial charge in [-0.2, -0.15) is 0 Å². The van der Waals surface area contributed by atoms with E-state index in [2.05, 4.69) is 10.3 Å². The molecule has 1 saturated carbocycles. The zero-order chi connectivity index (χ0) is 18.7. The fourth-order valence-electron chi connectivity index (χ4n) is 3.51. The maximum atomic E-state index is 12.5. The Morgan fingerprint density at radius 3 is 2.52 bits per heavy atom. The average Bonchev–Trinajstić information content (AvgIpc) is 3.11. The number of aromatic nitrogens is 2. The molecule has 3 N–H and O–H groups in total. The highest BCUT2D eigenvalue weighted by Gasteiger charge is 2.35. The molecule has 0 radical (unpaired) electrons. The summed E-state index contributed by atoms with van der Waals surface area (Å²) >= 11 is 0. The number of nitrogens with zero attached hydrogens (tertiary/aromatic N) is 2. The van der Waals surface area contributed by atoms with E-state index in [4.69, 9.17) is 10.5 Å². The lowest BCUT2D eigenvalue weighted by Crippen LogP contribution is -2.52. The van der Waals surface area contributed by atoms with Gasteiger partial charge in [0.1, 0.15) is 18.0 Å². The number of rotatable bonds is 5. The molecule has 0 aliphatic heterocycles. The highest BCUT2D eigenvalue weighted by molar-refractivity contribution is 5.98. The number of pyridine rings is 1. The van der Waals surface area contributed by atoms with E-state index in [9.17, 15) is 4.79 Å². The van der Waals surface area contributed by atoms with E-state index in [1.54, 1.807) is 0 Å². The van der Waals surface area contributed by atoms with Crippen LogP contribution in [-0.2, 0) is 11.4 Å². The van der Waals surface area contributed by atoms with Crippen molar-refractivity contribution < 1.29 is 9.53 Å². The third-order valence-electron chi connectivity index (χ3n) is 5.11. The molecular weight excluding hydrogens is 411 g/mol. The van der Waals surface area contributed by atoms with Gasteiger partial charge in [0.25, 0.3) is 0 Å². The standard InChI is InChI=1S/C21H24N4O2.2ClH/c22-21(11-3-1-4-12-21)20(26)24-16-7-9-18(10-8-16)27-15-17-14-25-13-5-2-6-19(25)23-17;;/h2,5-10,13-14H,1,3-4,11-12,15,22H2,(H,24,26);2*1H. The van der Waals surface area contributed by atoms with Crippen molar-refractivity contribution in [1.82, 2.24) is 9.38 Å². The maximum Gasteiger partial charge on any atom is 0.244 e. The normalized spacial score (nSPS) is 15.1. The number of benzene rings is 1. The summed E-state index contributed by atoms with van der Waals surface area (Å²) in [5.74, 6) is 0.630. The maximum absolute atomic E-state index is 12.5. The minimum absolute atomic E-state index is 0. The predicted molar refractivity (Wildman–Crippen MR) is 119 cm³/mol. The van der Waals surface area contributed by atoms with Gasteiger partial charge in [-0.05, 0) is 49.2 Å². The van der Waals surface area contributed by atoms with Gasteiger partial charge < -0.3 is 20.2 Å². The fraction of sp³-hybridized carbons (Fsp3) is 0.333. The third kappa shape index (κ3) is 5.41. The van der Waals surface area contributed by atoms with E-state index < -0.39 is 5.54 Å². The van der Waals surface area contributed by atoms with Gasteiger partial charge in [0.2, 0.25) is 5.91 Å². The predicted octanol–water partition coefficient (Wildman–Crippen LogP) is 4.36. The van der Waals surface area contributed by atoms with E-state index in [0.29, 0.717) is 6.61 Å². The largest absolute Gasteiger partial charge is 0.487 e. The number of hydrogen-bond acceptors (Lipinski definition) is 4. The summed E-state index contributed by atoms with van der Waals surface area (Å²) in [6.45, 7) is 0.388. The van der Waals surface area contributed by atoms with Crippen LogP contribution in [0.5, 0.6) is 5.75 Å². The molecule has 2 aromatic heterocycles. The number of nitrogens with one attached hydrogen (secondary N) is 1. The van der Waals surface area contributed by atoms with Gasteiger partial charge in [0, 0.05) is 18.1 Å². The van der Waals surface area contributed by atoms with Crippen LogP contribution in [0.4, 0.5) is 5.69 Å². The molecule has 1 aromatic carbocycles. The molecule has 0 saturated heterocycles. The summed E-state index contributed by atoms with van der Waals surface area (Å²) in [5, 5.41) is 2.94. The van der Waals surface area contributed by atoms with Crippen molar-refractivity contribution in [1.29, 1.82) is 0 Å². The number of nitrogens with two attached hydrogens (primary N) is 1. The van der Waals surface area contributed by atoms with E-state index in [1.165, 1.54) is 0 Å². The van der Waals surface area contributed by atoms with Crippen LogP contribution in [0.1, 0.15) is 37.8 Å². The van der Waals surface area contributed by atoms with Crippen LogP contribution in [0, 0.1) is 0 Å². The molecule has 0 unspecified atom stereocenters. The van der Waals surface area contributed by atoms with E-state index in [1.807, 2.05) is 59.3 Å².